The lowest BCUT2D eigenvalue weighted by Crippen LogP contribution is -2.42. The lowest BCUT2D eigenvalue weighted by atomic mass is 10.0. The van der Waals surface area contributed by atoms with Gasteiger partial charge in [-0.3, -0.25) is 4.79 Å². The van der Waals surface area contributed by atoms with Crippen LogP contribution in [-0.4, -0.2) is 43.2 Å². The van der Waals surface area contributed by atoms with Gasteiger partial charge in [0.05, 0.1) is 4.90 Å². The minimum absolute atomic E-state index is 0.120. The van der Waals surface area contributed by atoms with Crippen LogP contribution in [0.5, 0.6) is 0 Å². The van der Waals surface area contributed by atoms with Crippen LogP contribution in [0.4, 0.5) is 0 Å². The predicted molar refractivity (Wildman–Crippen MR) is 89.4 cm³/mol. The fourth-order valence-corrected chi connectivity index (χ4v) is 3.56. The minimum atomic E-state index is -3.24. The quantitative estimate of drug-likeness (QED) is 0.852. The molecule has 0 radical (unpaired) electrons. The smallest absolute Gasteiger partial charge is 0.276 e. The van der Waals surface area contributed by atoms with Crippen molar-refractivity contribution < 1.29 is 17.7 Å². The molecule has 1 aromatic carbocycles. The number of amides is 1. The molecule has 1 aliphatic heterocycles. The molecule has 0 N–H and O–H groups in total. The zero-order valence-corrected chi connectivity index (χ0v) is 14.5. The molecule has 1 amide bonds. The van der Waals surface area contributed by atoms with E-state index in [4.69, 9.17) is 4.52 Å². The van der Waals surface area contributed by atoms with Crippen LogP contribution in [-0.2, 0) is 9.84 Å². The molecular weight excluding hydrogens is 328 g/mol. The molecule has 0 spiro atoms. The average Bonchev–Trinajstić information content (AvgIpc) is 3.04. The van der Waals surface area contributed by atoms with Crippen molar-refractivity contribution in [1.82, 2.24) is 10.1 Å². The molecule has 3 rings (SSSR count). The number of carbonyl (C=O) groups is 1. The van der Waals surface area contributed by atoms with E-state index in [9.17, 15) is 13.2 Å². The molecule has 1 aliphatic rings. The monoisotopic (exact) mass is 348 g/mol. The Kier molecular flexibility index (Phi) is 4.45. The molecule has 1 saturated heterocycles. The molecule has 1 fully saturated rings. The number of piperidine rings is 1. The Morgan fingerprint density at radius 3 is 2.58 bits per heavy atom. The van der Waals surface area contributed by atoms with E-state index < -0.39 is 9.84 Å². The van der Waals surface area contributed by atoms with E-state index >= 15 is 0 Å². The number of hydrogen-bond acceptors (Lipinski definition) is 5. The Morgan fingerprint density at radius 1 is 1.25 bits per heavy atom. The molecule has 1 aromatic heterocycles. The third-order valence-electron chi connectivity index (χ3n) is 4.36. The maximum atomic E-state index is 12.6. The largest absolute Gasteiger partial charge is 0.355 e. The molecule has 128 valence electrons. The highest BCUT2D eigenvalue weighted by atomic mass is 32.2. The van der Waals surface area contributed by atoms with Crippen LogP contribution >= 0.6 is 0 Å². The predicted octanol–water partition coefficient (Wildman–Crippen LogP) is 2.76. The molecule has 0 bridgehead atoms. The topological polar surface area (TPSA) is 80.5 Å². The second kappa shape index (κ2) is 6.39. The Hall–Kier alpha value is -2.15. The number of rotatable bonds is 3. The van der Waals surface area contributed by atoms with Gasteiger partial charge in [0.1, 0.15) is 0 Å². The lowest BCUT2D eigenvalue weighted by Gasteiger charge is -2.32. The maximum Gasteiger partial charge on any atom is 0.276 e. The number of hydrogen-bond donors (Lipinski definition) is 0. The number of aromatic nitrogens is 1. The highest BCUT2D eigenvalue weighted by Crippen LogP contribution is 2.24. The molecule has 2 aromatic rings. The zero-order valence-electron chi connectivity index (χ0n) is 13.7. The fourth-order valence-electron chi connectivity index (χ4n) is 2.93. The van der Waals surface area contributed by atoms with Gasteiger partial charge in [-0.05, 0) is 50.5 Å². The maximum absolute atomic E-state index is 12.6. The SMILES string of the molecule is CC1CCCCN1C(=O)c1cc(-c2ccc(S(C)(=O)=O)cc2)on1. The number of likely N-dealkylation sites (tertiary alicyclic amines) is 1. The van der Waals surface area contributed by atoms with Crippen molar-refractivity contribution in [2.75, 3.05) is 12.8 Å². The first-order valence-corrected chi connectivity index (χ1v) is 9.83. The number of benzene rings is 1. The van der Waals surface area contributed by atoms with E-state index in [2.05, 4.69) is 5.16 Å². The molecule has 24 heavy (non-hydrogen) atoms. The first-order chi connectivity index (χ1) is 11.4. The number of sulfone groups is 1. The highest BCUT2D eigenvalue weighted by Gasteiger charge is 2.26. The van der Waals surface area contributed by atoms with Gasteiger partial charge in [-0.2, -0.15) is 0 Å². The van der Waals surface area contributed by atoms with Crippen molar-refractivity contribution in [3.63, 3.8) is 0 Å². The van der Waals surface area contributed by atoms with Gasteiger partial charge in [0.2, 0.25) is 0 Å². The van der Waals surface area contributed by atoms with Crippen molar-refractivity contribution in [3.8, 4) is 11.3 Å². The Labute approximate surface area is 141 Å². The van der Waals surface area contributed by atoms with E-state index in [1.165, 1.54) is 12.1 Å². The fraction of sp³-hybridized carbons (Fsp3) is 0.412. The van der Waals surface area contributed by atoms with Crippen molar-refractivity contribution in [3.05, 3.63) is 36.0 Å². The van der Waals surface area contributed by atoms with E-state index in [0.29, 0.717) is 11.3 Å². The van der Waals surface area contributed by atoms with Gasteiger partial charge < -0.3 is 9.42 Å². The van der Waals surface area contributed by atoms with Crippen LogP contribution in [0.25, 0.3) is 11.3 Å². The summed E-state index contributed by atoms with van der Waals surface area (Å²) in [6.45, 7) is 2.78. The van der Waals surface area contributed by atoms with Crippen LogP contribution in [0, 0.1) is 0 Å². The lowest BCUT2D eigenvalue weighted by molar-refractivity contribution is 0.0625. The normalized spacial score (nSPS) is 18.6. The summed E-state index contributed by atoms with van der Waals surface area (Å²) in [4.78, 5) is 14.6. The molecule has 1 unspecified atom stereocenters. The minimum Gasteiger partial charge on any atom is -0.355 e. The summed E-state index contributed by atoms with van der Waals surface area (Å²) in [5, 5.41) is 3.89. The van der Waals surface area contributed by atoms with Gasteiger partial charge in [0.15, 0.2) is 21.3 Å². The highest BCUT2D eigenvalue weighted by molar-refractivity contribution is 7.90. The molecule has 0 aliphatic carbocycles. The van der Waals surface area contributed by atoms with Crippen LogP contribution in [0.3, 0.4) is 0 Å². The van der Waals surface area contributed by atoms with Crippen molar-refractivity contribution >= 4 is 15.7 Å². The Balaban J connectivity index is 1.81. The van der Waals surface area contributed by atoms with E-state index in [0.717, 1.165) is 32.1 Å². The Morgan fingerprint density at radius 2 is 1.96 bits per heavy atom. The second-order valence-corrected chi connectivity index (χ2v) is 8.23. The standard InChI is InChI=1S/C17H20N2O4S/c1-12-5-3-4-10-19(12)17(20)15-11-16(23-18-15)13-6-8-14(9-7-13)24(2,21)22/h6-9,11-12H,3-5,10H2,1-2H3. The van der Waals surface area contributed by atoms with E-state index in [-0.39, 0.29) is 22.5 Å². The van der Waals surface area contributed by atoms with Crippen molar-refractivity contribution in [1.29, 1.82) is 0 Å². The number of nitrogens with zero attached hydrogens (tertiary/aromatic N) is 2. The summed E-state index contributed by atoms with van der Waals surface area (Å²) in [5.74, 6) is 0.327. The first-order valence-electron chi connectivity index (χ1n) is 7.94. The van der Waals surface area contributed by atoms with Crippen molar-refractivity contribution in [2.24, 2.45) is 0 Å². The number of carbonyl (C=O) groups excluding carboxylic acids is 1. The molecule has 2 heterocycles. The zero-order chi connectivity index (χ0) is 17.3. The van der Waals surface area contributed by atoms with E-state index in [1.807, 2.05) is 11.8 Å². The summed E-state index contributed by atoms with van der Waals surface area (Å²) in [7, 11) is -3.24. The molecule has 0 saturated carbocycles. The van der Waals surface area contributed by atoms with Gasteiger partial charge in [0, 0.05) is 30.5 Å². The summed E-state index contributed by atoms with van der Waals surface area (Å²) < 4.78 is 28.3. The van der Waals surface area contributed by atoms with Gasteiger partial charge >= 0.3 is 0 Å². The summed E-state index contributed by atoms with van der Waals surface area (Å²) in [6, 6.07) is 8.14. The average molecular weight is 348 g/mol. The second-order valence-electron chi connectivity index (χ2n) is 6.22. The van der Waals surface area contributed by atoms with E-state index in [1.54, 1.807) is 18.2 Å². The summed E-state index contributed by atoms with van der Waals surface area (Å²) in [6.07, 6.45) is 4.31. The van der Waals surface area contributed by atoms with Crippen LogP contribution in [0.2, 0.25) is 0 Å². The third-order valence-corrected chi connectivity index (χ3v) is 5.49. The third kappa shape index (κ3) is 3.36. The molecular formula is C17H20N2O4S. The molecule has 1 atom stereocenters. The van der Waals surface area contributed by atoms with Gasteiger partial charge in [-0.25, -0.2) is 8.42 Å². The molecule has 7 heteroatoms. The van der Waals surface area contributed by atoms with Gasteiger partial charge in [-0.15, -0.1) is 0 Å². The Bertz CT molecular complexity index is 840. The van der Waals surface area contributed by atoms with Crippen LogP contribution in [0.15, 0.2) is 39.8 Å². The van der Waals surface area contributed by atoms with Crippen LogP contribution < -0.4 is 0 Å². The van der Waals surface area contributed by atoms with Gasteiger partial charge in [-0.1, -0.05) is 5.16 Å². The molecule has 6 nitrogen and oxygen atoms in total. The first kappa shape index (κ1) is 16.7. The summed E-state index contributed by atoms with van der Waals surface area (Å²) >= 11 is 0. The van der Waals surface area contributed by atoms with Crippen molar-refractivity contribution in [2.45, 2.75) is 37.1 Å². The van der Waals surface area contributed by atoms with Crippen LogP contribution in [0.1, 0.15) is 36.7 Å². The van der Waals surface area contributed by atoms with Gasteiger partial charge in [0.25, 0.3) is 5.91 Å². The summed E-state index contributed by atoms with van der Waals surface area (Å²) in [5.41, 5.74) is 0.964.